The maximum Gasteiger partial charge on any atom is 0.265 e. The Labute approximate surface area is 225 Å². The van der Waals surface area contributed by atoms with Crippen LogP contribution in [-0.2, 0) is 15.0 Å². The minimum atomic E-state index is -0.177. The van der Waals surface area contributed by atoms with E-state index in [0.717, 1.165) is 25.1 Å². The summed E-state index contributed by atoms with van der Waals surface area (Å²) < 4.78 is 5.70. The molecule has 5 rings (SSSR count). The number of carbonyl (C=O) groups is 2. The van der Waals surface area contributed by atoms with Crippen molar-refractivity contribution in [2.75, 3.05) is 44.2 Å². The topological polar surface area (TPSA) is 53.1 Å². The molecule has 0 aromatic heterocycles. The van der Waals surface area contributed by atoms with Crippen molar-refractivity contribution in [2.24, 2.45) is 0 Å². The lowest BCUT2D eigenvalue weighted by Crippen LogP contribution is -2.53. The smallest absolute Gasteiger partial charge is 0.265 e. The van der Waals surface area contributed by atoms with Gasteiger partial charge in [0.2, 0.25) is 5.91 Å². The van der Waals surface area contributed by atoms with E-state index in [1.54, 1.807) is 4.90 Å². The lowest BCUT2D eigenvalue weighted by atomic mass is 9.82. The predicted octanol–water partition coefficient (Wildman–Crippen LogP) is 5.03. The number of piperazine rings is 1. The number of benzene rings is 3. The summed E-state index contributed by atoms with van der Waals surface area (Å²) in [6.45, 7) is 9.31. The van der Waals surface area contributed by atoms with E-state index < -0.39 is 0 Å². The largest absolute Gasteiger partial charge is 0.482 e. The first-order chi connectivity index (χ1) is 18.4. The highest BCUT2D eigenvalue weighted by molar-refractivity contribution is 6.02. The maximum atomic E-state index is 13.4. The molecule has 3 aromatic rings. The van der Waals surface area contributed by atoms with Crippen molar-refractivity contribution in [3.63, 3.8) is 0 Å². The lowest BCUT2D eigenvalue weighted by Gasteiger charge is -2.40. The van der Waals surface area contributed by atoms with E-state index in [0.29, 0.717) is 24.5 Å². The second-order valence-corrected chi connectivity index (χ2v) is 10.8. The van der Waals surface area contributed by atoms with Crippen LogP contribution < -0.4 is 9.64 Å². The van der Waals surface area contributed by atoms with Crippen molar-refractivity contribution in [3.8, 4) is 5.75 Å². The van der Waals surface area contributed by atoms with Gasteiger partial charge in [0.15, 0.2) is 6.61 Å². The summed E-state index contributed by atoms with van der Waals surface area (Å²) in [5.41, 5.74) is 4.30. The molecule has 1 saturated heterocycles. The second kappa shape index (κ2) is 11.0. The zero-order valence-electron chi connectivity index (χ0n) is 22.6. The van der Waals surface area contributed by atoms with Gasteiger partial charge in [-0.2, -0.15) is 0 Å². The van der Waals surface area contributed by atoms with Gasteiger partial charge >= 0.3 is 0 Å². The Balaban J connectivity index is 1.30. The van der Waals surface area contributed by atoms with E-state index in [-0.39, 0.29) is 36.4 Å². The summed E-state index contributed by atoms with van der Waals surface area (Å²) in [6, 6.07) is 27.2. The van der Waals surface area contributed by atoms with Crippen molar-refractivity contribution in [1.29, 1.82) is 0 Å². The molecule has 0 atom stereocenters. The number of carbonyl (C=O) groups excluding carboxylic acids is 2. The molecular formula is C32H37N3O3. The monoisotopic (exact) mass is 511 g/mol. The summed E-state index contributed by atoms with van der Waals surface area (Å²) >= 11 is 0. The first-order valence-corrected chi connectivity index (χ1v) is 13.6. The van der Waals surface area contributed by atoms with Gasteiger partial charge in [-0.15, -0.1) is 0 Å². The number of ether oxygens (including phenoxy) is 1. The van der Waals surface area contributed by atoms with Gasteiger partial charge in [-0.25, -0.2) is 0 Å². The molecule has 0 radical (unpaired) electrons. The molecule has 2 amide bonds. The normalized spacial score (nSPS) is 16.4. The number of hydrogen-bond donors (Lipinski definition) is 0. The Kier molecular flexibility index (Phi) is 7.52. The van der Waals surface area contributed by atoms with Crippen molar-refractivity contribution >= 4 is 17.5 Å². The van der Waals surface area contributed by atoms with Crippen LogP contribution in [0.3, 0.4) is 0 Å². The number of hydrogen-bond acceptors (Lipinski definition) is 4. The van der Waals surface area contributed by atoms with Crippen LogP contribution in [-0.4, -0.2) is 60.9 Å². The van der Waals surface area contributed by atoms with Crippen LogP contribution in [0.25, 0.3) is 0 Å². The Morgan fingerprint density at radius 1 is 0.895 bits per heavy atom. The van der Waals surface area contributed by atoms with E-state index in [1.165, 1.54) is 11.1 Å². The van der Waals surface area contributed by atoms with Crippen LogP contribution in [0.4, 0.5) is 5.69 Å². The van der Waals surface area contributed by atoms with E-state index >= 15 is 0 Å². The molecule has 3 aromatic carbocycles. The van der Waals surface area contributed by atoms with Crippen LogP contribution in [0.15, 0.2) is 78.9 Å². The third-order valence-electron chi connectivity index (χ3n) is 8.12. The average Bonchev–Trinajstić information content (AvgIpc) is 2.96. The van der Waals surface area contributed by atoms with Gasteiger partial charge in [-0.1, -0.05) is 87.5 Å². The molecule has 38 heavy (non-hydrogen) atoms. The quantitative estimate of drug-likeness (QED) is 0.446. The van der Waals surface area contributed by atoms with Gasteiger partial charge in [-0.05, 0) is 40.7 Å². The maximum absolute atomic E-state index is 13.4. The first-order valence-electron chi connectivity index (χ1n) is 13.6. The molecule has 1 fully saturated rings. The molecule has 2 heterocycles. The van der Waals surface area contributed by atoms with Gasteiger partial charge < -0.3 is 9.64 Å². The fourth-order valence-electron chi connectivity index (χ4n) is 5.35. The van der Waals surface area contributed by atoms with Gasteiger partial charge in [0.05, 0.1) is 11.7 Å². The Bertz CT molecular complexity index is 1230. The van der Waals surface area contributed by atoms with Crippen LogP contribution in [0.2, 0.25) is 0 Å². The number of nitrogens with zero attached hydrogens (tertiary/aromatic N) is 3. The van der Waals surface area contributed by atoms with Gasteiger partial charge in [0, 0.05) is 26.2 Å². The molecule has 0 saturated carbocycles. The summed E-state index contributed by atoms with van der Waals surface area (Å²) in [7, 11) is 0. The molecule has 6 nitrogen and oxygen atoms in total. The molecule has 2 aliphatic heterocycles. The van der Waals surface area contributed by atoms with E-state index in [9.17, 15) is 9.59 Å². The highest BCUT2D eigenvalue weighted by Crippen LogP contribution is 2.37. The summed E-state index contributed by atoms with van der Waals surface area (Å²) in [5.74, 6) is 0.456. The first kappa shape index (κ1) is 26.0. The van der Waals surface area contributed by atoms with Crippen LogP contribution in [0, 0.1) is 0 Å². The van der Waals surface area contributed by atoms with E-state index in [2.05, 4.69) is 80.3 Å². The molecule has 198 valence electrons. The summed E-state index contributed by atoms with van der Waals surface area (Å²) in [6.07, 6.45) is 0.969. The fraction of sp³-hybridized carbons (Fsp3) is 0.375. The van der Waals surface area contributed by atoms with E-state index in [1.807, 2.05) is 29.2 Å². The van der Waals surface area contributed by atoms with Crippen molar-refractivity contribution in [1.82, 2.24) is 9.80 Å². The fourth-order valence-corrected chi connectivity index (χ4v) is 5.35. The highest BCUT2D eigenvalue weighted by Gasteiger charge is 2.33. The molecule has 0 unspecified atom stereocenters. The molecule has 0 spiro atoms. The summed E-state index contributed by atoms with van der Waals surface area (Å²) in [5, 5.41) is 0. The second-order valence-electron chi connectivity index (χ2n) is 10.8. The Morgan fingerprint density at radius 2 is 1.50 bits per heavy atom. The third kappa shape index (κ3) is 5.32. The van der Waals surface area contributed by atoms with Crippen LogP contribution >= 0.6 is 0 Å². The van der Waals surface area contributed by atoms with Crippen molar-refractivity contribution in [2.45, 2.75) is 38.6 Å². The molecule has 0 bridgehead atoms. The average molecular weight is 512 g/mol. The predicted molar refractivity (Wildman–Crippen MR) is 150 cm³/mol. The van der Waals surface area contributed by atoms with Gasteiger partial charge in [0.25, 0.3) is 5.91 Å². The number of fused-ring (bicyclic) bond motifs is 1. The number of amides is 2. The standard InChI is InChI=1S/C32H37N3O3/c1-4-32(2,3)26-15-16-28-27(21-26)35(30(37)23-38-28)22-29(36)33-17-19-34(20-18-33)31(24-11-7-5-8-12-24)25-13-9-6-10-14-25/h5-16,21,31H,4,17-20,22-23H2,1-3H3. The highest BCUT2D eigenvalue weighted by atomic mass is 16.5. The Morgan fingerprint density at radius 3 is 2.08 bits per heavy atom. The SMILES string of the molecule is CCC(C)(C)c1ccc2c(c1)N(CC(=O)N1CCN(C(c3ccccc3)c3ccccc3)CC1)C(=O)CO2. The number of rotatable bonds is 7. The Hall–Kier alpha value is -3.64. The summed E-state index contributed by atoms with van der Waals surface area (Å²) in [4.78, 5) is 32.3. The minimum absolute atomic E-state index is 0.0259. The zero-order chi connectivity index (χ0) is 26.7. The third-order valence-corrected chi connectivity index (χ3v) is 8.12. The lowest BCUT2D eigenvalue weighted by molar-refractivity contribution is -0.133. The number of anilines is 1. The molecule has 6 heteroatoms. The molecule has 0 aliphatic carbocycles. The van der Waals surface area contributed by atoms with E-state index in [4.69, 9.17) is 4.74 Å². The van der Waals surface area contributed by atoms with Crippen LogP contribution in [0.1, 0.15) is 49.9 Å². The zero-order valence-corrected chi connectivity index (χ0v) is 22.6. The van der Waals surface area contributed by atoms with Crippen molar-refractivity contribution in [3.05, 3.63) is 95.6 Å². The minimum Gasteiger partial charge on any atom is -0.482 e. The molecule has 2 aliphatic rings. The van der Waals surface area contributed by atoms with Gasteiger partial charge in [0.1, 0.15) is 12.3 Å². The molecular weight excluding hydrogens is 474 g/mol. The van der Waals surface area contributed by atoms with Crippen LogP contribution in [0.5, 0.6) is 5.75 Å². The van der Waals surface area contributed by atoms with Crippen molar-refractivity contribution < 1.29 is 14.3 Å². The molecule has 0 N–H and O–H groups in total. The van der Waals surface area contributed by atoms with Gasteiger partial charge in [-0.3, -0.25) is 19.4 Å².